The molecule has 0 bridgehead atoms. The highest BCUT2D eigenvalue weighted by Crippen LogP contribution is 2.20. The summed E-state index contributed by atoms with van der Waals surface area (Å²) in [6.45, 7) is -0.153. The maximum atomic E-state index is 13.3. The van der Waals surface area contributed by atoms with Crippen molar-refractivity contribution in [2.45, 2.75) is 6.61 Å². The van der Waals surface area contributed by atoms with Gasteiger partial charge in [0.15, 0.2) is 17.3 Å². The van der Waals surface area contributed by atoms with Crippen molar-refractivity contribution in [3.63, 3.8) is 0 Å². The lowest BCUT2D eigenvalue weighted by atomic mass is 10.2. The van der Waals surface area contributed by atoms with Gasteiger partial charge in [-0.1, -0.05) is 0 Å². The van der Waals surface area contributed by atoms with Crippen LogP contribution in [0.25, 0.3) is 0 Å². The summed E-state index contributed by atoms with van der Waals surface area (Å²) in [7, 11) is 0. The molecule has 1 heterocycles. The van der Waals surface area contributed by atoms with E-state index in [4.69, 9.17) is 15.0 Å². The summed E-state index contributed by atoms with van der Waals surface area (Å²) in [4.78, 5) is 11.3. The second kappa shape index (κ2) is 5.49. The molecule has 0 radical (unpaired) electrons. The Morgan fingerprint density at radius 1 is 1.37 bits per heavy atom. The van der Waals surface area contributed by atoms with Crippen LogP contribution < -0.4 is 16.0 Å². The average Bonchev–Trinajstić information content (AvgIpc) is 2.87. The van der Waals surface area contributed by atoms with Gasteiger partial charge < -0.3 is 9.15 Å². The molecule has 5 nitrogen and oxygen atoms in total. The van der Waals surface area contributed by atoms with Crippen LogP contribution in [-0.4, -0.2) is 5.91 Å². The normalized spacial score (nSPS) is 10.3. The number of halogens is 2. The first-order valence-corrected chi connectivity index (χ1v) is 5.27. The number of carbonyl (C=O) groups excluding carboxylic acids is 1. The van der Waals surface area contributed by atoms with Gasteiger partial charge >= 0.3 is 5.91 Å². The molecule has 0 unspecified atom stereocenters. The molecule has 2 aromatic rings. The number of nitrogens with one attached hydrogen (secondary N) is 1. The summed E-state index contributed by atoms with van der Waals surface area (Å²) in [6.07, 6.45) is 1.27. The molecule has 7 heteroatoms. The topological polar surface area (TPSA) is 77.5 Å². The molecule has 0 aliphatic rings. The molecule has 0 atom stereocenters. The Balaban J connectivity index is 2.13. The quantitative estimate of drug-likeness (QED) is 0.503. The Hall–Kier alpha value is -2.41. The highest BCUT2D eigenvalue weighted by Gasteiger charge is 2.15. The number of nitrogen functional groups attached to an aromatic ring is 1. The first-order chi connectivity index (χ1) is 9.11. The number of benzene rings is 1. The molecule has 2 rings (SSSR count). The van der Waals surface area contributed by atoms with Crippen LogP contribution in [0.2, 0.25) is 0 Å². The van der Waals surface area contributed by atoms with Crippen LogP contribution in [0, 0.1) is 11.6 Å². The SMILES string of the molecule is NNC(=O)c1occc1COc1cc(F)ccc1F. The third-order valence-electron chi connectivity index (χ3n) is 2.36. The summed E-state index contributed by atoms with van der Waals surface area (Å²) in [5, 5.41) is 0. The lowest BCUT2D eigenvalue weighted by Gasteiger charge is -2.07. The average molecular weight is 268 g/mol. The van der Waals surface area contributed by atoms with Crippen molar-refractivity contribution in [1.29, 1.82) is 0 Å². The number of amides is 1. The molecule has 1 aromatic heterocycles. The molecule has 0 saturated heterocycles. The second-order valence-corrected chi connectivity index (χ2v) is 3.61. The van der Waals surface area contributed by atoms with E-state index in [0.29, 0.717) is 5.56 Å². The minimum absolute atomic E-state index is 0.0423. The monoisotopic (exact) mass is 268 g/mol. The van der Waals surface area contributed by atoms with Gasteiger partial charge in [0.1, 0.15) is 12.4 Å². The summed E-state index contributed by atoms with van der Waals surface area (Å²) >= 11 is 0. The Bertz CT molecular complexity index is 598. The van der Waals surface area contributed by atoms with Crippen LogP contribution in [0.4, 0.5) is 8.78 Å². The molecule has 0 fully saturated rings. The number of carbonyl (C=O) groups is 1. The van der Waals surface area contributed by atoms with Gasteiger partial charge in [-0.25, -0.2) is 14.6 Å². The zero-order valence-electron chi connectivity index (χ0n) is 9.65. The van der Waals surface area contributed by atoms with E-state index in [1.165, 1.54) is 12.3 Å². The highest BCUT2D eigenvalue weighted by atomic mass is 19.1. The maximum absolute atomic E-state index is 13.3. The molecule has 3 N–H and O–H groups in total. The predicted octanol–water partition coefficient (Wildman–Crippen LogP) is 1.74. The van der Waals surface area contributed by atoms with Crippen molar-refractivity contribution in [1.82, 2.24) is 5.43 Å². The van der Waals surface area contributed by atoms with E-state index in [-0.39, 0.29) is 18.1 Å². The molecular formula is C12H10F2N2O3. The van der Waals surface area contributed by atoms with Gasteiger partial charge in [0.25, 0.3) is 0 Å². The largest absolute Gasteiger partial charge is 0.486 e. The zero-order chi connectivity index (χ0) is 13.8. The Morgan fingerprint density at radius 2 is 2.16 bits per heavy atom. The van der Waals surface area contributed by atoms with Crippen molar-refractivity contribution in [2.24, 2.45) is 5.84 Å². The van der Waals surface area contributed by atoms with E-state index in [1.807, 2.05) is 5.43 Å². The molecule has 1 aromatic carbocycles. The minimum Gasteiger partial charge on any atom is -0.486 e. The molecule has 0 saturated carbocycles. The summed E-state index contributed by atoms with van der Waals surface area (Å²) in [5.41, 5.74) is 2.27. The molecular weight excluding hydrogens is 258 g/mol. The second-order valence-electron chi connectivity index (χ2n) is 3.61. The number of furan rings is 1. The van der Waals surface area contributed by atoms with Gasteiger partial charge in [-0.05, 0) is 18.2 Å². The fourth-order valence-electron chi connectivity index (χ4n) is 1.46. The number of hydrogen-bond acceptors (Lipinski definition) is 4. The van der Waals surface area contributed by atoms with E-state index in [1.54, 1.807) is 0 Å². The van der Waals surface area contributed by atoms with E-state index in [2.05, 4.69) is 0 Å². The fourth-order valence-corrected chi connectivity index (χ4v) is 1.46. The Kier molecular flexibility index (Phi) is 3.76. The van der Waals surface area contributed by atoms with E-state index in [9.17, 15) is 13.6 Å². The lowest BCUT2D eigenvalue weighted by Crippen LogP contribution is -2.30. The van der Waals surface area contributed by atoms with E-state index in [0.717, 1.165) is 18.2 Å². The van der Waals surface area contributed by atoms with Crippen LogP contribution in [0.3, 0.4) is 0 Å². The summed E-state index contributed by atoms with van der Waals surface area (Å²) in [6, 6.07) is 4.32. The Morgan fingerprint density at radius 3 is 2.89 bits per heavy atom. The van der Waals surface area contributed by atoms with Crippen LogP contribution in [0.15, 0.2) is 34.9 Å². The van der Waals surface area contributed by atoms with Gasteiger partial charge in [-0.3, -0.25) is 10.2 Å². The number of ether oxygens (including phenoxy) is 1. The third-order valence-corrected chi connectivity index (χ3v) is 2.36. The molecule has 100 valence electrons. The van der Waals surface area contributed by atoms with Crippen LogP contribution in [0.1, 0.15) is 16.1 Å². The molecule has 19 heavy (non-hydrogen) atoms. The number of hydrogen-bond donors (Lipinski definition) is 2. The molecule has 0 spiro atoms. The van der Waals surface area contributed by atoms with Crippen LogP contribution in [-0.2, 0) is 6.61 Å². The third kappa shape index (κ3) is 2.89. The van der Waals surface area contributed by atoms with Gasteiger partial charge in [0.05, 0.1) is 6.26 Å². The predicted molar refractivity (Wildman–Crippen MR) is 61.1 cm³/mol. The van der Waals surface area contributed by atoms with Crippen LogP contribution in [0.5, 0.6) is 5.75 Å². The lowest BCUT2D eigenvalue weighted by molar-refractivity contribution is 0.0922. The fraction of sp³-hybridized carbons (Fsp3) is 0.0833. The van der Waals surface area contributed by atoms with Gasteiger partial charge in [0, 0.05) is 11.6 Å². The van der Waals surface area contributed by atoms with Gasteiger partial charge in [0.2, 0.25) is 0 Å². The minimum atomic E-state index is -0.699. The van der Waals surface area contributed by atoms with Crippen molar-refractivity contribution in [2.75, 3.05) is 0 Å². The zero-order valence-corrected chi connectivity index (χ0v) is 9.65. The Labute approximate surface area is 106 Å². The first kappa shape index (κ1) is 13.0. The van der Waals surface area contributed by atoms with Crippen molar-refractivity contribution >= 4 is 5.91 Å². The van der Waals surface area contributed by atoms with Gasteiger partial charge in [-0.15, -0.1) is 0 Å². The smallest absolute Gasteiger partial charge is 0.301 e. The van der Waals surface area contributed by atoms with Crippen molar-refractivity contribution in [3.05, 3.63) is 53.5 Å². The molecule has 1 amide bonds. The first-order valence-electron chi connectivity index (χ1n) is 5.27. The highest BCUT2D eigenvalue weighted by molar-refractivity contribution is 5.92. The summed E-state index contributed by atoms with van der Waals surface area (Å²) in [5.74, 6) is 2.72. The maximum Gasteiger partial charge on any atom is 0.301 e. The van der Waals surface area contributed by atoms with E-state index < -0.39 is 17.5 Å². The van der Waals surface area contributed by atoms with E-state index >= 15 is 0 Å². The van der Waals surface area contributed by atoms with Crippen molar-refractivity contribution < 1.29 is 22.7 Å². The van der Waals surface area contributed by atoms with Crippen LogP contribution >= 0.6 is 0 Å². The number of rotatable bonds is 4. The number of nitrogens with two attached hydrogens (primary N) is 1. The van der Waals surface area contributed by atoms with Crippen molar-refractivity contribution in [3.8, 4) is 5.75 Å². The van der Waals surface area contributed by atoms with Gasteiger partial charge in [-0.2, -0.15) is 0 Å². The summed E-state index contributed by atoms with van der Waals surface area (Å²) < 4.78 is 36.3. The number of hydrazine groups is 1. The molecule has 0 aliphatic carbocycles. The molecule has 0 aliphatic heterocycles. The standard InChI is InChI=1S/C12H10F2N2O3/c13-8-1-2-9(14)10(5-8)19-6-7-3-4-18-11(7)12(17)16-15/h1-5H,6,15H2,(H,16,17).